The number of nitrogens with one attached hydrogen (secondary N) is 1. The molecule has 7 nitrogen and oxygen atoms in total. The lowest BCUT2D eigenvalue weighted by atomic mass is 9.95. The van der Waals surface area contributed by atoms with E-state index in [0.717, 1.165) is 0 Å². The smallest absolute Gasteiger partial charge is 0.338 e. The van der Waals surface area contributed by atoms with Crippen LogP contribution in [0.5, 0.6) is 0 Å². The quantitative estimate of drug-likeness (QED) is 0.371. The molecule has 4 rings (SSSR count). The molecule has 0 aliphatic carbocycles. The maximum Gasteiger partial charge on any atom is 0.338 e. The summed E-state index contributed by atoms with van der Waals surface area (Å²) in [5, 5.41) is 3.41. The lowest BCUT2D eigenvalue weighted by molar-refractivity contribution is -0.671. The summed E-state index contributed by atoms with van der Waals surface area (Å²) in [7, 11) is 3.21. The van der Waals surface area contributed by atoms with Crippen LogP contribution in [0.1, 0.15) is 17.3 Å². The third-order valence-electron chi connectivity index (χ3n) is 4.86. The molecular formula is C22H20BrClFN5O2. The van der Waals surface area contributed by atoms with Crippen molar-refractivity contribution < 1.29 is 35.5 Å². The number of aryl methyl sites for hydroxylation is 1. The molecule has 0 saturated carbocycles. The summed E-state index contributed by atoms with van der Waals surface area (Å²) < 4.78 is 22.6. The summed E-state index contributed by atoms with van der Waals surface area (Å²) in [5.41, 5.74) is 1.98. The van der Waals surface area contributed by atoms with Crippen molar-refractivity contribution in [3.8, 4) is 0 Å². The van der Waals surface area contributed by atoms with Crippen molar-refractivity contribution in [1.29, 1.82) is 0 Å². The number of amidine groups is 1. The van der Waals surface area contributed by atoms with E-state index < -0.39 is 17.8 Å². The molecule has 0 saturated heterocycles. The predicted molar refractivity (Wildman–Crippen MR) is 113 cm³/mol. The van der Waals surface area contributed by atoms with Gasteiger partial charge in [0, 0.05) is 16.8 Å². The van der Waals surface area contributed by atoms with Crippen LogP contribution in [0.2, 0.25) is 5.02 Å². The Labute approximate surface area is 200 Å². The number of esters is 1. The zero-order valence-corrected chi connectivity index (χ0v) is 19.6. The van der Waals surface area contributed by atoms with E-state index in [0.29, 0.717) is 34.9 Å². The molecular weight excluding hydrogens is 501 g/mol. The number of carbonyl (C=O) groups is 1. The van der Waals surface area contributed by atoms with Crippen molar-refractivity contribution in [2.75, 3.05) is 7.11 Å². The number of methoxy groups -OCH3 is 1. The summed E-state index contributed by atoms with van der Waals surface area (Å²) in [4.78, 5) is 21.9. The van der Waals surface area contributed by atoms with Crippen LogP contribution in [-0.4, -0.2) is 28.5 Å². The molecule has 0 amide bonds. The van der Waals surface area contributed by atoms with E-state index >= 15 is 0 Å². The van der Waals surface area contributed by atoms with Crippen molar-refractivity contribution in [1.82, 2.24) is 14.9 Å². The number of ether oxygens (including phenoxy) is 1. The number of rotatable bonds is 5. The SMILES string of the molecule is COC(=O)C1=C(Cn2cc[n+](C)c2)NC(c2ccccn2)=NC1c1ccc(F)cc1Cl.[Br-]. The molecule has 1 aliphatic rings. The highest BCUT2D eigenvalue weighted by Crippen LogP contribution is 2.36. The highest BCUT2D eigenvalue weighted by Gasteiger charge is 2.34. The van der Waals surface area contributed by atoms with Gasteiger partial charge in [-0.1, -0.05) is 23.7 Å². The van der Waals surface area contributed by atoms with Crippen molar-refractivity contribution in [3.05, 3.63) is 94.7 Å². The third kappa shape index (κ3) is 4.89. The normalized spacial score (nSPS) is 15.5. The average molecular weight is 521 g/mol. The van der Waals surface area contributed by atoms with Crippen molar-refractivity contribution in [2.45, 2.75) is 12.6 Å². The standard InChI is InChI=1S/C22H19ClFN5O2.BrH/c1-28-9-10-29(13-28)12-18-19(22(30)31-2)20(15-7-6-14(24)11-16(15)23)27-21(26-18)17-5-3-4-8-25-17;/h3-11,13,20H,12H2,1-2H3;1H. The molecule has 0 fully saturated rings. The van der Waals surface area contributed by atoms with Crippen LogP contribution >= 0.6 is 11.6 Å². The average Bonchev–Trinajstić information content (AvgIpc) is 3.18. The number of halogens is 3. The fourth-order valence-corrected chi connectivity index (χ4v) is 3.70. The number of hydrogen-bond acceptors (Lipinski definition) is 5. The first kappa shape index (κ1) is 23.6. The minimum absolute atomic E-state index is 0. The molecule has 1 unspecified atom stereocenters. The van der Waals surface area contributed by atoms with Crippen molar-refractivity contribution >= 4 is 23.4 Å². The fraction of sp³-hybridized carbons (Fsp3) is 0.182. The second-order valence-corrected chi connectivity index (χ2v) is 7.43. The van der Waals surface area contributed by atoms with Gasteiger partial charge in [-0.25, -0.2) is 18.3 Å². The summed E-state index contributed by atoms with van der Waals surface area (Å²) in [5.74, 6) is -0.543. The monoisotopic (exact) mass is 519 g/mol. The van der Waals surface area contributed by atoms with E-state index in [9.17, 15) is 9.18 Å². The van der Waals surface area contributed by atoms with Crippen LogP contribution in [0.25, 0.3) is 0 Å². The van der Waals surface area contributed by atoms with Gasteiger partial charge in [-0.2, -0.15) is 0 Å². The minimum atomic E-state index is -0.793. The highest BCUT2D eigenvalue weighted by molar-refractivity contribution is 6.31. The molecule has 10 heteroatoms. The fourth-order valence-electron chi connectivity index (χ4n) is 3.43. The molecule has 3 heterocycles. The third-order valence-corrected chi connectivity index (χ3v) is 5.19. The number of pyridine rings is 1. The Kier molecular flexibility index (Phi) is 7.42. The van der Waals surface area contributed by atoms with E-state index in [2.05, 4.69) is 10.3 Å². The summed E-state index contributed by atoms with van der Waals surface area (Å²) in [6.45, 7) is 0.354. The number of hydrogen-bond donors (Lipinski definition) is 1. The largest absolute Gasteiger partial charge is 1.00 e. The highest BCUT2D eigenvalue weighted by atomic mass is 79.9. The van der Waals surface area contributed by atoms with Crippen molar-refractivity contribution in [2.24, 2.45) is 12.0 Å². The Balaban J connectivity index is 0.00000289. The Bertz CT molecular complexity index is 1200. The molecule has 32 heavy (non-hydrogen) atoms. The molecule has 1 aliphatic heterocycles. The van der Waals surface area contributed by atoms with Crippen LogP contribution in [0.4, 0.5) is 4.39 Å². The van der Waals surface area contributed by atoms with E-state index in [1.807, 2.05) is 47.0 Å². The lowest BCUT2D eigenvalue weighted by Gasteiger charge is -2.27. The molecule has 1 aromatic carbocycles. The summed E-state index contributed by atoms with van der Waals surface area (Å²) in [6.07, 6.45) is 7.32. The molecule has 1 N–H and O–H groups in total. The number of aliphatic imine (C=N–C) groups is 1. The summed E-state index contributed by atoms with van der Waals surface area (Å²) in [6, 6.07) is 8.69. The van der Waals surface area contributed by atoms with E-state index in [-0.39, 0.29) is 22.0 Å². The lowest BCUT2D eigenvalue weighted by Crippen LogP contribution is -3.00. The Morgan fingerprint density at radius 1 is 1.34 bits per heavy atom. The molecule has 166 valence electrons. The first-order valence-corrected chi connectivity index (χ1v) is 9.87. The second-order valence-electron chi connectivity index (χ2n) is 7.02. The topological polar surface area (TPSA) is 72.4 Å². The van der Waals surface area contributed by atoms with Gasteiger partial charge in [0.15, 0.2) is 5.84 Å². The number of aromatic nitrogens is 3. The van der Waals surface area contributed by atoms with Gasteiger partial charge in [-0.3, -0.25) is 9.98 Å². The van der Waals surface area contributed by atoms with Crippen LogP contribution in [-0.2, 0) is 23.1 Å². The molecule has 0 bridgehead atoms. The zero-order chi connectivity index (χ0) is 22.0. The van der Waals surface area contributed by atoms with Crippen molar-refractivity contribution in [3.63, 3.8) is 0 Å². The zero-order valence-electron chi connectivity index (χ0n) is 17.3. The number of benzene rings is 1. The second kappa shape index (κ2) is 10.1. The van der Waals surface area contributed by atoms with Gasteiger partial charge < -0.3 is 27.0 Å². The van der Waals surface area contributed by atoms with Crippen LogP contribution in [0.3, 0.4) is 0 Å². The van der Waals surface area contributed by atoms with Gasteiger partial charge in [0.25, 0.3) is 0 Å². The molecule has 1 atom stereocenters. The van der Waals surface area contributed by atoms with Gasteiger partial charge in [0.05, 0.1) is 25.4 Å². The Morgan fingerprint density at radius 3 is 2.78 bits per heavy atom. The molecule has 2 aromatic heterocycles. The number of imidazole rings is 1. The van der Waals surface area contributed by atoms with Crippen LogP contribution < -0.4 is 26.9 Å². The Hall–Kier alpha value is -3.04. The first-order valence-electron chi connectivity index (χ1n) is 9.50. The van der Waals surface area contributed by atoms with E-state index in [1.54, 1.807) is 12.3 Å². The molecule has 0 spiro atoms. The Morgan fingerprint density at radius 2 is 2.16 bits per heavy atom. The van der Waals surface area contributed by atoms with E-state index in [1.165, 1.54) is 25.3 Å². The predicted octanol–water partition coefficient (Wildman–Crippen LogP) is -0.277. The van der Waals surface area contributed by atoms with Gasteiger partial charge in [-0.15, -0.1) is 0 Å². The molecule has 0 radical (unpaired) electrons. The number of nitrogens with zero attached hydrogens (tertiary/aromatic N) is 4. The van der Waals surface area contributed by atoms with Gasteiger partial charge in [-0.05, 0) is 24.3 Å². The minimum Gasteiger partial charge on any atom is -1.00 e. The van der Waals surface area contributed by atoms with Crippen LogP contribution in [0.15, 0.2) is 77.6 Å². The molecule has 3 aromatic rings. The van der Waals surface area contributed by atoms with Gasteiger partial charge in [0.1, 0.15) is 36.5 Å². The number of allylic oxidation sites excluding steroid dienone is 1. The summed E-state index contributed by atoms with van der Waals surface area (Å²) >= 11 is 6.35. The van der Waals surface area contributed by atoms with E-state index in [4.69, 9.17) is 21.3 Å². The number of carbonyl (C=O) groups excluding carboxylic acids is 1. The maximum atomic E-state index is 13.7. The van der Waals surface area contributed by atoms with Gasteiger partial charge >= 0.3 is 5.97 Å². The first-order chi connectivity index (χ1) is 15.0. The maximum absolute atomic E-state index is 13.7. The van der Waals surface area contributed by atoms with Gasteiger partial charge in [0.2, 0.25) is 6.33 Å². The van der Waals surface area contributed by atoms with Crippen LogP contribution in [0, 0.1) is 5.82 Å².